The van der Waals surface area contributed by atoms with Gasteiger partial charge in [0.05, 0.1) is 0 Å². The largest absolute Gasteiger partial charge is 0.324 e. The van der Waals surface area contributed by atoms with E-state index < -0.39 is 0 Å². The van der Waals surface area contributed by atoms with Crippen molar-refractivity contribution < 1.29 is 0 Å². The van der Waals surface area contributed by atoms with Gasteiger partial charge < -0.3 is 5.73 Å². The average Bonchev–Trinajstić information content (AvgIpc) is 2.53. The maximum Gasteiger partial charge on any atom is 0.0334 e. The van der Waals surface area contributed by atoms with Crippen molar-refractivity contribution in [2.24, 2.45) is 11.7 Å². The summed E-state index contributed by atoms with van der Waals surface area (Å²) in [6.45, 7) is 2.24. The summed E-state index contributed by atoms with van der Waals surface area (Å²) in [6, 6.07) is 2.51. The molecule has 0 saturated carbocycles. The summed E-state index contributed by atoms with van der Waals surface area (Å²) < 4.78 is 0. The van der Waals surface area contributed by atoms with Crippen LogP contribution in [-0.2, 0) is 6.42 Å². The van der Waals surface area contributed by atoms with Crippen molar-refractivity contribution in [2.45, 2.75) is 32.2 Å². The van der Waals surface area contributed by atoms with E-state index in [0.29, 0.717) is 12.0 Å². The van der Waals surface area contributed by atoms with E-state index in [4.69, 9.17) is 5.73 Å². The molecular formula is C10H15NS. The van der Waals surface area contributed by atoms with Gasteiger partial charge in [-0.25, -0.2) is 0 Å². The Labute approximate surface area is 77.6 Å². The molecule has 0 bridgehead atoms. The second kappa shape index (κ2) is 3.19. The van der Waals surface area contributed by atoms with Crippen LogP contribution in [0.4, 0.5) is 0 Å². The van der Waals surface area contributed by atoms with Crippen LogP contribution in [0.25, 0.3) is 0 Å². The highest BCUT2D eigenvalue weighted by molar-refractivity contribution is 7.10. The molecule has 2 atom stereocenters. The van der Waals surface area contributed by atoms with Crippen LogP contribution in [0.15, 0.2) is 11.4 Å². The molecule has 0 spiro atoms. The number of hydrogen-bond acceptors (Lipinski definition) is 2. The zero-order valence-corrected chi connectivity index (χ0v) is 8.23. The van der Waals surface area contributed by atoms with Crippen molar-refractivity contribution >= 4 is 11.3 Å². The molecular weight excluding hydrogens is 166 g/mol. The molecule has 2 rings (SSSR count). The maximum atomic E-state index is 6.15. The van der Waals surface area contributed by atoms with E-state index in [1.54, 1.807) is 0 Å². The second-order valence-electron chi connectivity index (χ2n) is 3.53. The lowest BCUT2D eigenvalue weighted by molar-refractivity contribution is 0.371. The normalized spacial score (nSPS) is 28.5. The highest BCUT2D eigenvalue weighted by atomic mass is 32.1. The molecule has 1 aromatic rings. The molecule has 0 amide bonds. The first kappa shape index (κ1) is 8.27. The van der Waals surface area contributed by atoms with E-state index in [1.807, 2.05) is 11.3 Å². The maximum absolute atomic E-state index is 6.15. The molecule has 1 aromatic heterocycles. The van der Waals surface area contributed by atoms with Crippen molar-refractivity contribution in [2.75, 3.05) is 0 Å². The van der Waals surface area contributed by atoms with Gasteiger partial charge in [0, 0.05) is 10.9 Å². The van der Waals surface area contributed by atoms with E-state index in [1.165, 1.54) is 29.7 Å². The summed E-state index contributed by atoms with van der Waals surface area (Å²) in [4.78, 5) is 1.52. The van der Waals surface area contributed by atoms with E-state index in [0.717, 1.165) is 0 Å². The summed E-state index contributed by atoms with van der Waals surface area (Å²) in [6.07, 6.45) is 3.75. The summed E-state index contributed by atoms with van der Waals surface area (Å²) in [7, 11) is 0. The molecule has 2 unspecified atom stereocenters. The highest BCUT2D eigenvalue weighted by Gasteiger charge is 2.25. The monoisotopic (exact) mass is 181 g/mol. The zero-order chi connectivity index (χ0) is 8.55. The summed E-state index contributed by atoms with van der Waals surface area (Å²) >= 11 is 1.86. The average molecular weight is 181 g/mol. The molecule has 1 nitrogen and oxygen atoms in total. The number of nitrogens with two attached hydrogens (primary N) is 1. The Morgan fingerprint density at radius 1 is 1.67 bits per heavy atom. The molecule has 2 N–H and O–H groups in total. The Kier molecular flexibility index (Phi) is 2.20. The third kappa shape index (κ3) is 1.19. The van der Waals surface area contributed by atoms with Gasteiger partial charge in [0.25, 0.3) is 0 Å². The van der Waals surface area contributed by atoms with Crippen molar-refractivity contribution in [3.63, 3.8) is 0 Å². The molecule has 12 heavy (non-hydrogen) atoms. The summed E-state index contributed by atoms with van der Waals surface area (Å²) in [5, 5.41) is 2.17. The molecule has 1 aliphatic rings. The quantitative estimate of drug-likeness (QED) is 0.708. The van der Waals surface area contributed by atoms with E-state index in [2.05, 4.69) is 18.4 Å². The van der Waals surface area contributed by atoms with Crippen LogP contribution in [0.1, 0.15) is 36.2 Å². The summed E-state index contributed by atoms with van der Waals surface area (Å²) in [5.74, 6) is 0.715. The predicted octanol–water partition coefficient (Wildman–Crippen LogP) is 2.72. The molecule has 0 aromatic carbocycles. The van der Waals surface area contributed by atoms with Gasteiger partial charge in [0.2, 0.25) is 0 Å². The van der Waals surface area contributed by atoms with Crippen molar-refractivity contribution in [3.8, 4) is 0 Å². The van der Waals surface area contributed by atoms with Gasteiger partial charge >= 0.3 is 0 Å². The Morgan fingerprint density at radius 2 is 2.50 bits per heavy atom. The van der Waals surface area contributed by atoms with Gasteiger partial charge in [-0.2, -0.15) is 0 Å². The predicted molar refractivity (Wildman–Crippen MR) is 53.3 cm³/mol. The fourth-order valence-electron chi connectivity index (χ4n) is 2.06. The van der Waals surface area contributed by atoms with Crippen molar-refractivity contribution in [3.05, 3.63) is 21.9 Å². The Morgan fingerprint density at radius 3 is 3.25 bits per heavy atom. The number of aryl methyl sites for hydroxylation is 1. The standard InChI is InChI=1S/C10H15NS/c1-2-7-3-4-9-8(10(7)11)5-6-12-9/h5-7,10H,2-4,11H2,1H3. The molecule has 2 heteroatoms. The van der Waals surface area contributed by atoms with E-state index >= 15 is 0 Å². The van der Waals surface area contributed by atoms with E-state index in [9.17, 15) is 0 Å². The van der Waals surface area contributed by atoms with Crippen molar-refractivity contribution in [1.29, 1.82) is 0 Å². The van der Waals surface area contributed by atoms with Crippen LogP contribution >= 0.6 is 11.3 Å². The molecule has 1 heterocycles. The van der Waals surface area contributed by atoms with Crippen LogP contribution in [-0.4, -0.2) is 0 Å². The Hall–Kier alpha value is -0.340. The fourth-order valence-corrected chi connectivity index (χ4v) is 3.01. The minimum absolute atomic E-state index is 0.310. The van der Waals surface area contributed by atoms with Crippen LogP contribution in [0.3, 0.4) is 0 Å². The first-order chi connectivity index (χ1) is 5.83. The first-order valence-corrected chi connectivity index (χ1v) is 5.52. The number of fused-ring (bicyclic) bond motifs is 1. The Balaban J connectivity index is 2.29. The SMILES string of the molecule is CCC1CCc2sccc2C1N. The van der Waals surface area contributed by atoms with Crippen LogP contribution in [0.5, 0.6) is 0 Å². The smallest absolute Gasteiger partial charge is 0.0334 e. The van der Waals surface area contributed by atoms with Gasteiger partial charge in [-0.3, -0.25) is 0 Å². The molecule has 0 saturated heterocycles. The lowest BCUT2D eigenvalue weighted by Gasteiger charge is -2.27. The molecule has 0 radical (unpaired) electrons. The molecule has 0 fully saturated rings. The first-order valence-electron chi connectivity index (χ1n) is 4.64. The number of thiophene rings is 1. The number of hydrogen-bond donors (Lipinski definition) is 1. The fraction of sp³-hybridized carbons (Fsp3) is 0.600. The minimum atomic E-state index is 0.310. The van der Waals surface area contributed by atoms with Gasteiger partial charge in [0.1, 0.15) is 0 Å². The third-order valence-corrected chi connectivity index (χ3v) is 3.91. The van der Waals surface area contributed by atoms with Gasteiger partial charge in [-0.15, -0.1) is 11.3 Å². The molecule has 1 aliphatic carbocycles. The topological polar surface area (TPSA) is 26.0 Å². The highest BCUT2D eigenvalue weighted by Crippen LogP contribution is 2.36. The molecule has 0 aliphatic heterocycles. The van der Waals surface area contributed by atoms with Gasteiger partial charge in [-0.05, 0) is 35.8 Å². The third-order valence-electron chi connectivity index (χ3n) is 2.91. The number of rotatable bonds is 1. The van der Waals surface area contributed by atoms with Crippen LogP contribution < -0.4 is 5.73 Å². The zero-order valence-electron chi connectivity index (χ0n) is 7.42. The van der Waals surface area contributed by atoms with Gasteiger partial charge in [-0.1, -0.05) is 13.3 Å². The van der Waals surface area contributed by atoms with Gasteiger partial charge in [0.15, 0.2) is 0 Å². The Bertz CT molecular complexity index is 267. The van der Waals surface area contributed by atoms with Crippen LogP contribution in [0, 0.1) is 5.92 Å². The summed E-state index contributed by atoms with van der Waals surface area (Å²) in [5.41, 5.74) is 7.57. The lowest BCUT2D eigenvalue weighted by atomic mass is 9.83. The lowest BCUT2D eigenvalue weighted by Crippen LogP contribution is -2.25. The molecule has 66 valence electrons. The second-order valence-corrected chi connectivity index (χ2v) is 4.53. The van der Waals surface area contributed by atoms with Crippen molar-refractivity contribution in [1.82, 2.24) is 0 Å². The minimum Gasteiger partial charge on any atom is -0.324 e. The van der Waals surface area contributed by atoms with Crippen LogP contribution in [0.2, 0.25) is 0 Å². The van der Waals surface area contributed by atoms with E-state index in [-0.39, 0.29) is 0 Å².